The predicted octanol–water partition coefficient (Wildman–Crippen LogP) is 4.83. The lowest BCUT2D eigenvalue weighted by Crippen LogP contribution is -2.08. The monoisotopic (exact) mass is 464 g/mol. The third kappa shape index (κ3) is 5.32. The van der Waals surface area contributed by atoms with Crippen LogP contribution in [0.3, 0.4) is 0 Å². The fourth-order valence-electron chi connectivity index (χ4n) is 3.11. The van der Waals surface area contributed by atoms with Gasteiger partial charge in [-0.25, -0.2) is 9.18 Å². The van der Waals surface area contributed by atoms with E-state index in [9.17, 15) is 9.18 Å². The molecular formula is C25H21FN2O6. The second-order valence-electron chi connectivity index (χ2n) is 7.07. The summed E-state index contributed by atoms with van der Waals surface area (Å²) < 4.78 is 39.9. The summed E-state index contributed by atoms with van der Waals surface area (Å²) in [6, 6.07) is 17.8. The summed E-state index contributed by atoms with van der Waals surface area (Å²) in [7, 11) is 3.08. The first-order valence-electron chi connectivity index (χ1n) is 10.3. The van der Waals surface area contributed by atoms with E-state index in [0.29, 0.717) is 28.6 Å². The van der Waals surface area contributed by atoms with Gasteiger partial charge in [0, 0.05) is 5.56 Å². The van der Waals surface area contributed by atoms with Gasteiger partial charge in [0.25, 0.3) is 5.89 Å². The van der Waals surface area contributed by atoms with Crippen LogP contribution in [0.15, 0.2) is 71.3 Å². The summed E-state index contributed by atoms with van der Waals surface area (Å²) >= 11 is 0. The Bertz CT molecular complexity index is 1270. The molecule has 0 unspecified atom stereocenters. The Hall–Kier alpha value is -4.40. The number of hydrogen-bond donors (Lipinski definition) is 0. The highest BCUT2D eigenvalue weighted by Gasteiger charge is 2.17. The Morgan fingerprint density at radius 2 is 1.68 bits per heavy atom. The minimum absolute atomic E-state index is 0.128. The van der Waals surface area contributed by atoms with Crippen molar-refractivity contribution in [2.24, 2.45) is 0 Å². The fourth-order valence-corrected chi connectivity index (χ4v) is 3.11. The number of ether oxygens (including phenoxy) is 4. The largest absolute Gasteiger partial charge is 0.493 e. The summed E-state index contributed by atoms with van der Waals surface area (Å²) in [6.45, 7) is -0.0473. The highest BCUT2D eigenvalue weighted by molar-refractivity contribution is 5.92. The molecule has 1 heterocycles. The Labute approximate surface area is 194 Å². The molecule has 0 aliphatic heterocycles. The second-order valence-corrected chi connectivity index (χ2v) is 7.07. The third-order valence-corrected chi connectivity index (χ3v) is 4.85. The molecule has 0 atom stereocenters. The van der Waals surface area contributed by atoms with Gasteiger partial charge >= 0.3 is 5.97 Å². The first kappa shape index (κ1) is 22.8. The summed E-state index contributed by atoms with van der Waals surface area (Å²) in [5, 5.41) is 3.93. The van der Waals surface area contributed by atoms with Crippen LogP contribution < -0.4 is 14.2 Å². The van der Waals surface area contributed by atoms with E-state index < -0.39 is 5.97 Å². The smallest absolute Gasteiger partial charge is 0.342 e. The predicted molar refractivity (Wildman–Crippen MR) is 119 cm³/mol. The van der Waals surface area contributed by atoms with Crippen LogP contribution in [-0.2, 0) is 18.0 Å². The topological polar surface area (TPSA) is 92.9 Å². The minimum Gasteiger partial charge on any atom is -0.493 e. The van der Waals surface area contributed by atoms with Gasteiger partial charge in [0.2, 0.25) is 5.82 Å². The first-order valence-corrected chi connectivity index (χ1v) is 10.3. The molecule has 0 N–H and O–H groups in total. The Morgan fingerprint density at radius 3 is 2.44 bits per heavy atom. The van der Waals surface area contributed by atoms with Crippen molar-refractivity contribution in [3.8, 4) is 28.6 Å². The first-order chi connectivity index (χ1) is 16.6. The number of methoxy groups -OCH3 is 2. The number of nitrogens with zero attached hydrogens (tertiary/aromatic N) is 2. The quantitative estimate of drug-likeness (QED) is 0.325. The molecule has 0 amide bonds. The van der Waals surface area contributed by atoms with Crippen LogP contribution in [0.25, 0.3) is 11.4 Å². The lowest BCUT2D eigenvalue weighted by atomic mass is 10.2. The SMILES string of the molecule is COc1ccc(-c2noc(COC(=O)c3ccccc3OCc3ccc(F)cc3)n2)cc1OC. The Morgan fingerprint density at radius 1 is 0.912 bits per heavy atom. The van der Waals surface area contributed by atoms with Gasteiger partial charge in [-0.05, 0) is 48.0 Å². The highest BCUT2D eigenvalue weighted by atomic mass is 19.1. The van der Waals surface area contributed by atoms with Gasteiger partial charge in [-0.3, -0.25) is 0 Å². The summed E-state index contributed by atoms with van der Waals surface area (Å²) in [5.74, 6) is 0.939. The number of hydrogen-bond acceptors (Lipinski definition) is 8. The summed E-state index contributed by atoms with van der Waals surface area (Å²) in [5.41, 5.74) is 1.65. The average Bonchev–Trinajstić information content (AvgIpc) is 3.36. The van der Waals surface area contributed by atoms with Gasteiger partial charge in [-0.2, -0.15) is 4.98 Å². The highest BCUT2D eigenvalue weighted by Crippen LogP contribution is 2.31. The normalized spacial score (nSPS) is 10.6. The van der Waals surface area contributed by atoms with Crippen LogP contribution in [0.1, 0.15) is 21.8 Å². The maximum Gasteiger partial charge on any atom is 0.342 e. The molecule has 0 saturated carbocycles. The van der Waals surface area contributed by atoms with E-state index in [1.165, 1.54) is 19.2 Å². The van der Waals surface area contributed by atoms with E-state index >= 15 is 0 Å². The van der Waals surface area contributed by atoms with E-state index in [4.69, 9.17) is 23.5 Å². The van der Waals surface area contributed by atoms with Crippen LogP contribution in [-0.4, -0.2) is 30.3 Å². The van der Waals surface area contributed by atoms with E-state index in [-0.39, 0.29) is 30.5 Å². The number of esters is 1. The number of benzene rings is 3. The lowest BCUT2D eigenvalue weighted by molar-refractivity contribution is 0.0425. The van der Waals surface area contributed by atoms with Crippen molar-refractivity contribution < 1.29 is 32.7 Å². The zero-order chi connectivity index (χ0) is 23.9. The fraction of sp³-hybridized carbons (Fsp3) is 0.160. The molecule has 0 bridgehead atoms. The Balaban J connectivity index is 1.40. The van der Waals surface area contributed by atoms with E-state index in [1.807, 2.05) is 0 Å². The number of halogens is 1. The molecule has 0 saturated heterocycles. The van der Waals surface area contributed by atoms with Gasteiger partial charge < -0.3 is 23.5 Å². The van der Waals surface area contributed by atoms with Gasteiger partial charge in [0.05, 0.1) is 14.2 Å². The molecule has 0 aliphatic carbocycles. The van der Waals surface area contributed by atoms with Gasteiger partial charge in [-0.15, -0.1) is 0 Å². The molecule has 0 aliphatic rings. The van der Waals surface area contributed by atoms with Crippen LogP contribution in [0.5, 0.6) is 17.2 Å². The number of carbonyl (C=O) groups is 1. The molecule has 1 aromatic heterocycles. The molecule has 174 valence electrons. The van der Waals surface area contributed by atoms with Crippen molar-refractivity contribution in [3.63, 3.8) is 0 Å². The molecule has 4 aromatic rings. The maximum atomic E-state index is 13.1. The lowest BCUT2D eigenvalue weighted by Gasteiger charge is -2.10. The van der Waals surface area contributed by atoms with Crippen LogP contribution >= 0.6 is 0 Å². The minimum atomic E-state index is -0.611. The van der Waals surface area contributed by atoms with Crippen molar-refractivity contribution >= 4 is 5.97 Å². The van der Waals surface area contributed by atoms with E-state index in [1.54, 1.807) is 61.7 Å². The average molecular weight is 464 g/mol. The molecule has 3 aromatic carbocycles. The molecule has 34 heavy (non-hydrogen) atoms. The second kappa shape index (κ2) is 10.5. The molecule has 8 nitrogen and oxygen atoms in total. The van der Waals surface area contributed by atoms with E-state index in [0.717, 1.165) is 5.56 Å². The molecule has 0 fully saturated rings. The molecule has 4 rings (SSSR count). The zero-order valence-corrected chi connectivity index (χ0v) is 18.5. The van der Waals surface area contributed by atoms with Crippen LogP contribution in [0.2, 0.25) is 0 Å². The molecule has 9 heteroatoms. The van der Waals surface area contributed by atoms with Crippen molar-refractivity contribution in [2.45, 2.75) is 13.2 Å². The van der Waals surface area contributed by atoms with Crippen molar-refractivity contribution in [1.29, 1.82) is 0 Å². The van der Waals surface area contributed by atoms with Crippen LogP contribution in [0.4, 0.5) is 4.39 Å². The maximum absolute atomic E-state index is 13.1. The van der Waals surface area contributed by atoms with Crippen molar-refractivity contribution in [2.75, 3.05) is 14.2 Å². The standard InChI is InChI=1S/C25H21FN2O6/c1-30-21-12-9-17(13-22(21)31-2)24-27-23(34-28-24)15-33-25(29)19-5-3-4-6-20(19)32-14-16-7-10-18(26)11-8-16/h3-13H,14-15H2,1-2H3. The number of para-hydroxylation sites is 1. The summed E-state index contributed by atoms with van der Waals surface area (Å²) in [4.78, 5) is 16.9. The van der Waals surface area contributed by atoms with Gasteiger partial charge in [-0.1, -0.05) is 29.4 Å². The summed E-state index contributed by atoms with van der Waals surface area (Å²) in [6.07, 6.45) is 0. The molecule has 0 radical (unpaired) electrons. The van der Waals surface area contributed by atoms with E-state index in [2.05, 4.69) is 10.1 Å². The van der Waals surface area contributed by atoms with Crippen molar-refractivity contribution in [3.05, 3.63) is 89.6 Å². The Kier molecular flexibility index (Phi) is 7.02. The third-order valence-electron chi connectivity index (χ3n) is 4.85. The number of carbonyl (C=O) groups excluding carboxylic acids is 1. The van der Waals surface area contributed by atoms with Gasteiger partial charge in [0.1, 0.15) is 23.7 Å². The number of rotatable bonds is 9. The van der Waals surface area contributed by atoms with Gasteiger partial charge in [0.15, 0.2) is 18.1 Å². The number of aromatic nitrogens is 2. The van der Waals surface area contributed by atoms with Crippen molar-refractivity contribution in [1.82, 2.24) is 10.1 Å². The van der Waals surface area contributed by atoms with Crippen LogP contribution in [0, 0.1) is 5.82 Å². The molecule has 0 spiro atoms. The molecular weight excluding hydrogens is 443 g/mol. The zero-order valence-electron chi connectivity index (χ0n) is 18.5.